The number of carbonyl (C=O) groups excluding carboxylic acids is 2. The van der Waals surface area contributed by atoms with Crippen LogP contribution in [0.5, 0.6) is 0 Å². The van der Waals surface area contributed by atoms with Crippen molar-refractivity contribution in [3.8, 4) is 0 Å². The molecule has 0 bridgehead atoms. The molecule has 2 aliphatic carbocycles. The predicted octanol–water partition coefficient (Wildman–Crippen LogP) is 5.94. The third-order valence-electron chi connectivity index (χ3n) is 7.11. The van der Waals surface area contributed by atoms with Crippen LogP contribution in [0.2, 0.25) is 0 Å². The summed E-state index contributed by atoms with van der Waals surface area (Å²) in [5.41, 5.74) is 0.209. The molecule has 4 heteroatoms. The first-order chi connectivity index (χ1) is 13.6. The van der Waals surface area contributed by atoms with Gasteiger partial charge in [0.15, 0.2) is 0 Å². The Balaban J connectivity index is 1.89. The minimum atomic E-state index is -0.441. The topological polar surface area (TPSA) is 52.6 Å². The maximum absolute atomic E-state index is 12.6. The first kappa shape index (κ1) is 24.0. The number of esters is 2. The van der Waals surface area contributed by atoms with Crippen LogP contribution in [-0.2, 0) is 19.1 Å². The third-order valence-corrected chi connectivity index (χ3v) is 7.11. The van der Waals surface area contributed by atoms with Crippen LogP contribution >= 0.6 is 0 Å². The van der Waals surface area contributed by atoms with E-state index in [1.165, 1.54) is 12.8 Å². The van der Waals surface area contributed by atoms with Gasteiger partial charge in [0.05, 0.1) is 6.42 Å². The summed E-state index contributed by atoms with van der Waals surface area (Å²) >= 11 is 0. The van der Waals surface area contributed by atoms with Crippen molar-refractivity contribution in [2.45, 2.75) is 98.7 Å². The summed E-state index contributed by atoms with van der Waals surface area (Å²) < 4.78 is 11.6. The molecular formula is C25H42O4. The fourth-order valence-corrected chi connectivity index (χ4v) is 5.18. The van der Waals surface area contributed by atoms with Gasteiger partial charge >= 0.3 is 11.9 Å². The lowest BCUT2D eigenvalue weighted by Gasteiger charge is -2.37. The van der Waals surface area contributed by atoms with Crippen molar-refractivity contribution in [3.05, 3.63) is 12.2 Å². The van der Waals surface area contributed by atoms with Crippen LogP contribution in [0.25, 0.3) is 0 Å². The number of rotatable bonds is 7. The van der Waals surface area contributed by atoms with Crippen molar-refractivity contribution in [3.63, 3.8) is 0 Å². The van der Waals surface area contributed by atoms with E-state index in [1.807, 2.05) is 0 Å². The molecule has 0 aromatic carbocycles. The van der Waals surface area contributed by atoms with Crippen molar-refractivity contribution in [2.75, 3.05) is 0 Å². The van der Waals surface area contributed by atoms with Gasteiger partial charge in [0.25, 0.3) is 0 Å². The lowest BCUT2D eigenvalue weighted by Crippen LogP contribution is -2.37. The minimum absolute atomic E-state index is 0.0559. The summed E-state index contributed by atoms with van der Waals surface area (Å²) in [4.78, 5) is 25.1. The van der Waals surface area contributed by atoms with Gasteiger partial charge in [0, 0.05) is 5.57 Å². The maximum atomic E-state index is 12.6. The number of hydrogen-bond acceptors (Lipinski definition) is 4. The molecule has 0 aromatic heterocycles. The minimum Gasteiger partial charge on any atom is -0.462 e. The third kappa shape index (κ3) is 6.86. The van der Waals surface area contributed by atoms with Crippen molar-refractivity contribution in [1.82, 2.24) is 0 Å². The fraction of sp³-hybridized carbons (Fsp3) is 0.840. The van der Waals surface area contributed by atoms with E-state index in [-0.39, 0.29) is 30.2 Å². The van der Waals surface area contributed by atoms with E-state index in [0.717, 1.165) is 25.7 Å². The maximum Gasteiger partial charge on any atom is 0.334 e. The van der Waals surface area contributed by atoms with Crippen LogP contribution in [-0.4, -0.2) is 24.1 Å². The average Bonchev–Trinajstić information content (AvgIpc) is 2.61. The van der Waals surface area contributed by atoms with E-state index in [0.29, 0.717) is 35.5 Å². The van der Waals surface area contributed by atoms with Crippen molar-refractivity contribution < 1.29 is 19.1 Å². The fourth-order valence-electron chi connectivity index (χ4n) is 5.18. The Labute approximate surface area is 177 Å². The highest BCUT2D eigenvalue weighted by Gasteiger charge is 2.35. The van der Waals surface area contributed by atoms with Crippen molar-refractivity contribution in [2.24, 2.45) is 35.5 Å². The smallest absolute Gasteiger partial charge is 0.334 e. The first-order valence-electron chi connectivity index (χ1n) is 11.7. The second-order valence-corrected chi connectivity index (χ2v) is 10.4. The molecule has 0 aliphatic heterocycles. The monoisotopic (exact) mass is 406 g/mol. The molecule has 2 saturated carbocycles. The molecule has 0 heterocycles. The second kappa shape index (κ2) is 10.6. The number of carbonyl (C=O) groups is 2. The van der Waals surface area contributed by atoms with Gasteiger partial charge in [0.2, 0.25) is 0 Å². The number of ether oxygens (including phenoxy) is 2. The summed E-state index contributed by atoms with van der Waals surface area (Å²) in [6, 6.07) is 0. The van der Waals surface area contributed by atoms with Crippen molar-refractivity contribution >= 4 is 11.9 Å². The molecule has 6 atom stereocenters. The standard InChI is InChI=1S/C25H42O4/c1-15(2)20-10-8-17(5)12-22(20)28-24(26)14-19(7)25(27)29-23-13-18(6)9-11-21(23)16(3)4/h15-18,20-23H,7-14H2,1-6H3/t17-,18-,20+,21+,22-,23-/m1/s1. The zero-order valence-electron chi connectivity index (χ0n) is 19.4. The quantitative estimate of drug-likeness (QED) is 0.388. The highest BCUT2D eigenvalue weighted by molar-refractivity contribution is 5.93. The Morgan fingerprint density at radius 3 is 1.72 bits per heavy atom. The van der Waals surface area contributed by atoms with Gasteiger partial charge in [-0.15, -0.1) is 0 Å². The first-order valence-corrected chi connectivity index (χ1v) is 11.7. The zero-order chi connectivity index (χ0) is 21.7. The Morgan fingerprint density at radius 2 is 1.28 bits per heavy atom. The van der Waals surface area contributed by atoms with Gasteiger partial charge in [-0.3, -0.25) is 4.79 Å². The Morgan fingerprint density at radius 1 is 0.828 bits per heavy atom. The summed E-state index contributed by atoms with van der Waals surface area (Å²) in [5, 5.41) is 0. The largest absolute Gasteiger partial charge is 0.462 e. The molecular weight excluding hydrogens is 364 g/mol. The van der Waals surface area contributed by atoms with Crippen LogP contribution in [0.1, 0.15) is 86.5 Å². The van der Waals surface area contributed by atoms with Crippen LogP contribution < -0.4 is 0 Å². The molecule has 29 heavy (non-hydrogen) atoms. The van der Waals surface area contributed by atoms with Gasteiger partial charge < -0.3 is 9.47 Å². The molecule has 166 valence electrons. The lowest BCUT2D eigenvalue weighted by molar-refractivity contribution is -0.158. The molecule has 4 nitrogen and oxygen atoms in total. The van der Waals surface area contributed by atoms with E-state index in [1.54, 1.807) is 0 Å². The van der Waals surface area contributed by atoms with E-state index < -0.39 is 5.97 Å². The highest BCUT2D eigenvalue weighted by atomic mass is 16.6. The molecule has 0 radical (unpaired) electrons. The Hall–Kier alpha value is -1.32. The second-order valence-electron chi connectivity index (χ2n) is 10.4. The molecule has 2 rings (SSSR count). The van der Waals surface area contributed by atoms with E-state index in [4.69, 9.17) is 9.47 Å². The normalized spacial score (nSPS) is 32.8. The average molecular weight is 407 g/mol. The van der Waals surface area contributed by atoms with Gasteiger partial charge in [-0.1, -0.05) is 61.0 Å². The Kier molecular flexibility index (Phi) is 8.78. The highest BCUT2D eigenvalue weighted by Crippen LogP contribution is 2.37. The predicted molar refractivity (Wildman–Crippen MR) is 116 cm³/mol. The molecule has 0 aromatic rings. The van der Waals surface area contributed by atoms with Crippen LogP contribution in [0.15, 0.2) is 12.2 Å². The van der Waals surface area contributed by atoms with Gasteiger partial charge in [-0.25, -0.2) is 4.79 Å². The van der Waals surface area contributed by atoms with Crippen LogP contribution in [0, 0.1) is 35.5 Å². The van der Waals surface area contributed by atoms with Crippen LogP contribution in [0.3, 0.4) is 0 Å². The van der Waals surface area contributed by atoms with E-state index >= 15 is 0 Å². The molecule has 0 unspecified atom stereocenters. The lowest BCUT2D eigenvalue weighted by atomic mass is 9.75. The van der Waals surface area contributed by atoms with E-state index in [2.05, 4.69) is 48.1 Å². The Bertz CT molecular complexity index is 579. The molecule has 0 spiro atoms. The summed E-state index contributed by atoms with van der Waals surface area (Å²) in [5.74, 6) is 2.06. The van der Waals surface area contributed by atoms with Gasteiger partial charge in [-0.05, 0) is 61.2 Å². The molecule has 2 fully saturated rings. The molecule has 0 saturated heterocycles. The molecule has 2 aliphatic rings. The zero-order valence-corrected chi connectivity index (χ0v) is 19.4. The summed E-state index contributed by atoms with van der Waals surface area (Å²) in [6.07, 6.45) is 6.13. The summed E-state index contributed by atoms with van der Waals surface area (Å²) in [6.45, 7) is 17.0. The van der Waals surface area contributed by atoms with Gasteiger partial charge in [0.1, 0.15) is 12.2 Å². The molecule has 0 N–H and O–H groups in total. The number of hydrogen-bond donors (Lipinski definition) is 0. The summed E-state index contributed by atoms with van der Waals surface area (Å²) in [7, 11) is 0. The van der Waals surface area contributed by atoms with Crippen LogP contribution in [0.4, 0.5) is 0 Å². The SMILES string of the molecule is C=C(CC(=O)O[C@@H]1C[C@H](C)CC[C@H]1C(C)C)C(=O)O[C@@H]1C[C@H](C)CC[C@H]1C(C)C. The van der Waals surface area contributed by atoms with E-state index in [9.17, 15) is 9.59 Å². The molecule has 0 amide bonds. The van der Waals surface area contributed by atoms with Gasteiger partial charge in [-0.2, -0.15) is 0 Å². The van der Waals surface area contributed by atoms with Crippen molar-refractivity contribution in [1.29, 1.82) is 0 Å².